The maximum absolute atomic E-state index is 12.7. The molecule has 1 N–H and O–H groups in total. The fourth-order valence-corrected chi connectivity index (χ4v) is 3.11. The maximum atomic E-state index is 12.7. The average molecular weight is 388 g/mol. The van der Waals surface area contributed by atoms with E-state index in [2.05, 4.69) is 10.3 Å². The third kappa shape index (κ3) is 6.01. The summed E-state index contributed by atoms with van der Waals surface area (Å²) in [5.74, 6) is -0.542. The highest BCUT2D eigenvalue weighted by Crippen LogP contribution is 2.18. The molecule has 0 saturated carbocycles. The largest absolute Gasteiger partial charge is 0.469 e. The highest BCUT2D eigenvalue weighted by atomic mass is 16.5. The molecule has 0 aliphatic heterocycles. The highest BCUT2D eigenvalue weighted by molar-refractivity contribution is 5.95. The number of aromatic nitrogens is 1. The van der Waals surface area contributed by atoms with Crippen LogP contribution in [-0.2, 0) is 16.0 Å². The molecule has 0 unspecified atom stereocenters. The molecular formula is C24H24N2O3. The Bertz CT molecular complexity index is 925. The summed E-state index contributed by atoms with van der Waals surface area (Å²) in [6.07, 6.45) is 5.07. The van der Waals surface area contributed by atoms with Gasteiger partial charge in [-0.1, -0.05) is 48.5 Å². The van der Waals surface area contributed by atoms with E-state index in [4.69, 9.17) is 4.74 Å². The zero-order chi connectivity index (χ0) is 20.5. The fraction of sp³-hybridized carbons (Fsp3) is 0.208. The number of pyridine rings is 1. The number of methoxy groups -OCH3 is 1. The van der Waals surface area contributed by atoms with Gasteiger partial charge in [0, 0.05) is 24.0 Å². The maximum Gasteiger partial charge on any atom is 0.307 e. The summed E-state index contributed by atoms with van der Waals surface area (Å²) in [5, 5.41) is 2.98. The molecule has 1 aromatic heterocycles. The normalized spacial score (nSPS) is 11.5. The minimum Gasteiger partial charge on any atom is -0.469 e. The molecule has 0 aliphatic carbocycles. The Morgan fingerprint density at radius 2 is 1.72 bits per heavy atom. The standard InChI is InChI=1S/C24H24N2O3/c1-29-23(27)16-22(14-9-18-6-3-2-4-7-18)26-24(28)20-12-10-19(11-13-20)21-8-5-15-25-17-21/h2-8,10-13,15,17,22H,9,14,16H2,1H3,(H,26,28)/t22-/m1/s1. The van der Waals surface area contributed by atoms with E-state index in [0.717, 1.165) is 23.1 Å². The molecule has 3 rings (SSSR count). The summed E-state index contributed by atoms with van der Waals surface area (Å²) >= 11 is 0. The lowest BCUT2D eigenvalue weighted by Gasteiger charge is -2.18. The van der Waals surface area contributed by atoms with Crippen molar-refractivity contribution >= 4 is 11.9 Å². The monoisotopic (exact) mass is 388 g/mol. The number of rotatable bonds is 8. The molecule has 1 atom stereocenters. The molecular weight excluding hydrogens is 364 g/mol. The molecule has 0 saturated heterocycles. The number of nitrogens with one attached hydrogen (secondary N) is 1. The van der Waals surface area contributed by atoms with Crippen LogP contribution in [0.1, 0.15) is 28.8 Å². The lowest BCUT2D eigenvalue weighted by atomic mass is 10.0. The van der Waals surface area contributed by atoms with Crippen molar-refractivity contribution in [3.8, 4) is 11.1 Å². The second-order valence-corrected chi connectivity index (χ2v) is 6.79. The molecule has 3 aromatic rings. The fourth-order valence-electron chi connectivity index (χ4n) is 3.11. The lowest BCUT2D eigenvalue weighted by Crippen LogP contribution is -2.37. The average Bonchev–Trinajstić information content (AvgIpc) is 2.78. The quantitative estimate of drug-likeness (QED) is 0.591. The van der Waals surface area contributed by atoms with Crippen LogP contribution in [0.4, 0.5) is 0 Å². The number of benzene rings is 2. The molecule has 1 amide bonds. The van der Waals surface area contributed by atoms with Crippen LogP contribution < -0.4 is 5.32 Å². The summed E-state index contributed by atoms with van der Waals surface area (Å²) in [5.41, 5.74) is 3.69. The van der Waals surface area contributed by atoms with Crippen LogP contribution in [0.3, 0.4) is 0 Å². The van der Waals surface area contributed by atoms with Crippen molar-refractivity contribution in [2.24, 2.45) is 0 Å². The van der Waals surface area contributed by atoms with E-state index in [9.17, 15) is 9.59 Å². The Morgan fingerprint density at radius 1 is 0.966 bits per heavy atom. The molecule has 0 radical (unpaired) electrons. The third-order valence-electron chi connectivity index (χ3n) is 4.74. The van der Waals surface area contributed by atoms with Gasteiger partial charge in [0.15, 0.2) is 0 Å². The summed E-state index contributed by atoms with van der Waals surface area (Å²) in [7, 11) is 1.36. The smallest absolute Gasteiger partial charge is 0.307 e. The van der Waals surface area contributed by atoms with Crippen molar-refractivity contribution < 1.29 is 14.3 Å². The van der Waals surface area contributed by atoms with Gasteiger partial charge in [0.1, 0.15) is 0 Å². The number of hydrogen-bond acceptors (Lipinski definition) is 4. The molecule has 5 heteroatoms. The van der Waals surface area contributed by atoms with Crippen LogP contribution >= 0.6 is 0 Å². The van der Waals surface area contributed by atoms with E-state index in [1.807, 2.05) is 54.6 Å². The van der Waals surface area contributed by atoms with Gasteiger partial charge in [-0.15, -0.1) is 0 Å². The van der Waals surface area contributed by atoms with Crippen molar-refractivity contribution in [1.82, 2.24) is 10.3 Å². The number of nitrogens with zero attached hydrogens (tertiary/aromatic N) is 1. The lowest BCUT2D eigenvalue weighted by molar-refractivity contribution is -0.141. The predicted molar refractivity (Wildman–Crippen MR) is 112 cm³/mol. The Balaban J connectivity index is 1.65. The van der Waals surface area contributed by atoms with E-state index < -0.39 is 0 Å². The first-order valence-corrected chi connectivity index (χ1v) is 9.58. The van der Waals surface area contributed by atoms with E-state index in [1.165, 1.54) is 7.11 Å². The number of ether oxygens (including phenoxy) is 1. The summed E-state index contributed by atoms with van der Waals surface area (Å²) in [6, 6.07) is 20.9. The van der Waals surface area contributed by atoms with Crippen molar-refractivity contribution in [2.45, 2.75) is 25.3 Å². The number of carbonyl (C=O) groups is 2. The first kappa shape index (κ1) is 20.3. The Morgan fingerprint density at radius 3 is 2.38 bits per heavy atom. The number of aryl methyl sites for hydroxylation is 1. The third-order valence-corrected chi connectivity index (χ3v) is 4.74. The topological polar surface area (TPSA) is 68.3 Å². The number of amides is 1. The minimum absolute atomic E-state index is 0.142. The van der Waals surface area contributed by atoms with Crippen molar-refractivity contribution in [2.75, 3.05) is 7.11 Å². The van der Waals surface area contributed by atoms with E-state index in [-0.39, 0.29) is 24.3 Å². The van der Waals surface area contributed by atoms with Crippen LogP contribution in [0.2, 0.25) is 0 Å². The zero-order valence-electron chi connectivity index (χ0n) is 16.4. The molecule has 1 heterocycles. The zero-order valence-corrected chi connectivity index (χ0v) is 16.4. The number of carbonyl (C=O) groups excluding carboxylic acids is 2. The Kier molecular flexibility index (Phi) is 7.11. The van der Waals surface area contributed by atoms with Crippen LogP contribution in [0, 0.1) is 0 Å². The van der Waals surface area contributed by atoms with Crippen molar-refractivity contribution in [3.05, 3.63) is 90.3 Å². The van der Waals surface area contributed by atoms with Crippen molar-refractivity contribution in [1.29, 1.82) is 0 Å². The SMILES string of the molecule is COC(=O)C[C@@H](CCc1ccccc1)NC(=O)c1ccc(-c2cccnc2)cc1. The van der Waals surface area contributed by atoms with E-state index >= 15 is 0 Å². The summed E-state index contributed by atoms with van der Waals surface area (Å²) < 4.78 is 4.79. The highest BCUT2D eigenvalue weighted by Gasteiger charge is 2.18. The molecule has 0 bridgehead atoms. The van der Waals surface area contributed by atoms with E-state index in [1.54, 1.807) is 24.5 Å². The molecule has 148 valence electrons. The van der Waals surface area contributed by atoms with Gasteiger partial charge in [0.05, 0.1) is 13.5 Å². The van der Waals surface area contributed by atoms with Gasteiger partial charge in [0.25, 0.3) is 5.91 Å². The van der Waals surface area contributed by atoms with Gasteiger partial charge in [0.2, 0.25) is 0 Å². The first-order chi connectivity index (χ1) is 14.2. The van der Waals surface area contributed by atoms with Gasteiger partial charge in [-0.3, -0.25) is 14.6 Å². The molecule has 0 spiro atoms. The van der Waals surface area contributed by atoms with Gasteiger partial charge in [-0.05, 0) is 47.7 Å². The van der Waals surface area contributed by atoms with Gasteiger partial charge < -0.3 is 10.1 Å². The minimum atomic E-state index is -0.338. The molecule has 2 aromatic carbocycles. The van der Waals surface area contributed by atoms with Gasteiger partial charge in [-0.25, -0.2) is 0 Å². The molecule has 29 heavy (non-hydrogen) atoms. The van der Waals surface area contributed by atoms with Crippen LogP contribution in [0.15, 0.2) is 79.1 Å². The van der Waals surface area contributed by atoms with Crippen LogP contribution in [0.25, 0.3) is 11.1 Å². The second kappa shape index (κ2) is 10.2. The molecule has 0 fully saturated rings. The predicted octanol–water partition coefficient (Wildman–Crippen LogP) is 4.04. The molecule has 5 nitrogen and oxygen atoms in total. The van der Waals surface area contributed by atoms with E-state index in [0.29, 0.717) is 12.0 Å². The number of hydrogen-bond donors (Lipinski definition) is 1. The first-order valence-electron chi connectivity index (χ1n) is 9.58. The van der Waals surface area contributed by atoms with Gasteiger partial charge in [-0.2, -0.15) is 0 Å². The number of esters is 1. The Hall–Kier alpha value is -3.47. The Labute approximate surface area is 170 Å². The second-order valence-electron chi connectivity index (χ2n) is 6.79. The summed E-state index contributed by atoms with van der Waals surface area (Å²) in [4.78, 5) is 28.6. The molecule has 0 aliphatic rings. The van der Waals surface area contributed by atoms with Crippen LogP contribution in [-0.4, -0.2) is 30.0 Å². The van der Waals surface area contributed by atoms with Crippen LogP contribution in [0.5, 0.6) is 0 Å². The van der Waals surface area contributed by atoms with Gasteiger partial charge >= 0.3 is 5.97 Å². The van der Waals surface area contributed by atoms with Crippen molar-refractivity contribution in [3.63, 3.8) is 0 Å². The summed E-state index contributed by atoms with van der Waals surface area (Å²) in [6.45, 7) is 0.